The monoisotopic (exact) mass is 397 g/mol. The Balaban J connectivity index is 1.73. The van der Waals surface area contributed by atoms with E-state index in [4.69, 9.17) is 4.74 Å². The Labute approximate surface area is 168 Å². The van der Waals surface area contributed by atoms with Crippen LogP contribution in [-0.2, 0) is 9.53 Å². The highest BCUT2D eigenvalue weighted by Gasteiger charge is 2.28. The number of piperidine rings is 1. The van der Waals surface area contributed by atoms with E-state index in [1.807, 2.05) is 40.6 Å². The minimum atomic E-state index is -0.191. The highest BCUT2D eigenvalue weighted by molar-refractivity contribution is 7.11. The average molecular weight is 398 g/mol. The predicted molar refractivity (Wildman–Crippen MR) is 109 cm³/mol. The summed E-state index contributed by atoms with van der Waals surface area (Å²) < 4.78 is 5.12. The van der Waals surface area contributed by atoms with E-state index in [1.165, 1.54) is 11.3 Å². The largest absolute Gasteiger partial charge is 0.509 e. The third kappa shape index (κ3) is 4.77. The van der Waals surface area contributed by atoms with Crippen LogP contribution in [0.25, 0.3) is 16.8 Å². The molecule has 2 aromatic rings. The van der Waals surface area contributed by atoms with Gasteiger partial charge in [-0.15, -0.1) is 11.3 Å². The lowest BCUT2D eigenvalue weighted by Crippen LogP contribution is -2.40. The third-order valence-corrected chi connectivity index (χ3v) is 5.55. The second-order valence-electron chi connectivity index (χ2n) is 6.66. The fraction of sp³-hybridized carbons (Fsp3) is 0.381. The summed E-state index contributed by atoms with van der Waals surface area (Å²) in [5.41, 5.74) is 1.93. The molecule has 1 aliphatic rings. The summed E-state index contributed by atoms with van der Waals surface area (Å²) in [6, 6.07) is 11.8. The zero-order valence-corrected chi connectivity index (χ0v) is 16.6. The molecule has 146 valence electrons. The quantitative estimate of drug-likeness (QED) is 0.452. The molecule has 2 heterocycles. The first-order valence-electron chi connectivity index (χ1n) is 9.35. The maximum absolute atomic E-state index is 12.0. The van der Waals surface area contributed by atoms with Gasteiger partial charge in [0.1, 0.15) is 22.4 Å². The number of hydrogen-bond donors (Lipinski definition) is 1. The normalized spacial score (nSPS) is 18.2. The molecular weight excluding hydrogens is 374 g/mol. The van der Waals surface area contributed by atoms with E-state index < -0.39 is 0 Å². The number of hydrogen-bond acceptors (Lipinski definition) is 7. The Morgan fingerprint density at radius 2 is 2.21 bits per heavy atom. The molecule has 0 amide bonds. The first-order chi connectivity index (χ1) is 13.6. The summed E-state index contributed by atoms with van der Waals surface area (Å²) in [7, 11) is 0. The van der Waals surface area contributed by atoms with Gasteiger partial charge >= 0.3 is 5.97 Å². The smallest absolute Gasteiger partial charge is 0.310 e. The molecule has 1 atom stereocenters. The van der Waals surface area contributed by atoms with Gasteiger partial charge < -0.3 is 9.84 Å². The number of benzene rings is 1. The van der Waals surface area contributed by atoms with E-state index in [0.29, 0.717) is 18.2 Å². The number of likely N-dealkylation sites (tertiary alicyclic amines) is 1. The fourth-order valence-corrected chi connectivity index (χ4v) is 4.15. The van der Waals surface area contributed by atoms with Crippen LogP contribution < -0.4 is 0 Å². The molecule has 6 nitrogen and oxygen atoms in total. The third-order valence-electron chi connectivity index (χ3n) is 4.69. The number of aliphatic hydroxyl groups excluding tert-OH is 1. The number of carbonyl (C=O) groups is 1. The number of carbonyl (C=O) groups excluding carboxylic acids is 1. The van der Waals surface area contributed by atoms with Gasteiger partial charge in [-0.3, -0.25) is 9.69 Å². The predicted octanol–water partition coefficient (Wildman–Crippen LogP) is 3.88. The number of aliphatic hydroxyl groups is 1. The molecule has 0 spiro atoms. The van der Waals surface area contributed by atoms with Crippen LogP contribution in [0, 0.1) is 17.2 Å². The molecule has 1 saturated heterocycles. The number of nitriles is 1. The van der Waals surface area contributed by atoms with Crippen LogP contribution in [0.5, 0.6) is 0 Å². The van der Waals surface area contributed by atoms with Crippen molar-refractivity contribution < 1.29 is 14.6 Å². The van der Waals surface area contributed by atoms with E-state index in [9.17, 15) is 15.2 Å². The number of allylic oxidation sites excluding steroid dienone is 1. The average Bonchev–Trinajstić information content (AvgIpc) is 3.19. The van der Waals surface area contributed by atoms with E-state index in [0.717, 1.165) is 30.6 Å². The minimum Gasteiger partial charge on any atom is -0.509 e. The first kappa shape index (κ1) is 20.1. The lowest BCUT2D eigenvalue weighted by molar-refractivity contribution is -0.149. The minimum absolute atomic E-state index is 0.0130. The van der Waals surface area contributed by atoms with Gasteiger partial charge in [-0.05, 0) is 26.3 Å². The molecule has 0 bridgehead atoms. The van der Waals surface area contributed by atoms with Gasteiger partial charge in [-0.2, -0.15) is 5.26 Å². The number of ether oxygens (including phenoxy) is 1. The summed E-state index contributed by atoms with van der Waals surface area (Å²) >= 11 is 1.34. The maximum Gasteiger partial charge on any atom is 0.310 e. The number of esters is 1. The first-order valence-corrected chi connectivity index (χ1v) is 10.2. The Morgan fingerprint density at radius 1 is 1.43 bits per heavy atom. The molecule has 0 aliphatic carbocycles. The molecule has 1 aromatic carbocycles. The van der Waals surface area contributed by atoms with Gasteiger partial charge in [0.25, 0.3) is 0 Å². The second kappa shape index (κ2) is 9.49. The van der Waals surface area contributed by atoms with E-state index in [2.05, 4.69) is 11.1 Å². The van der Waals surface area contributed by atoms with Gasteiger partial charge in [0.05, 0.1) is 24.8 Å². The molecule has 0 radical (unpaired) electrons. The Kier molecular flexibility index (Phi) is 6.80. The molecule has 1 N–H and O–H groups in total. The van der Waals surface area contributed by atoms with Crippen molar-refractivity contribution in [3.63, 3.8) is 0 Å². The van der Waals surface area contributed by atoms with Crippen LogP contribution >= 0.6 is 11.3 Å². The SMILES string of the molecule is CCOC(=O)[C@@H]1CCCN(C/C(O)=C(\C#N)c2nc(-c3ccccc3)cs2)C1. The van der Waals surface area contributed by atoms with Crippen molar-refractivity contribution in [3.05, 3.63) is 46.5 Å². The molecule has 3 rings (SSSR count). The van der Waals surface area contributed by atoms with Gasteiger partial charge in [0.2, 0.25) is 0 Å². The van der Waals surface area contributed by atoms with Crippen LogP contribution in [0.15, 0.2) is 41.5 Å². The summed E-state index contributed by atoms with van der Waals surface area (Å²) in [4.78, 5) is 18.5. The number of aromatic nitrogens is 1. The molecule has 1 aliphatic heterocycles. The maximum atomic E-state index is 12.0. The van der Waals surface area contributed by atoms with Gasteiger partial charge in [-0.1, -0.05) is 30.3 Å². The molecular formula is C21H23N3O3S. The van der Waals surface area contributed by atoms with Crippen molar-refractivity contribution in [2.75, 3.05) is 26.2 Å². The molecule has 0 saturated carbocycles. The second-order valence-corrected chi connectivity index (χ2v) is 7.52. The highest BCUT2D eigenvalue weighted by atomic mass is 32.1. The lowest BCUT2D eigenvalue weighted by Gasteiger charge is -2.31. The van der Waals surface area contributed by atoms with Crippen molar-refractivity contribution in [2.24, 2.45) is 5.92 Å². The van der Waals surface area contributed by atoms with E-state index >= 15 is 0 Å². The Morgan fingerprint density at radius 3 is 2.93 bits per heavy atom. The van der Waals surface area contributed by atoms with Crippen molar-refractivity contribution in [3.8, 4) is 17.3 Å². The molecule has 7 heteroatoms. The zero-order valence-electron chi connectivity index (χ0n) is 15.8. The van der Waals surface area contributed by atoms with E-state index in [-0.39, 0.29) is 29.8 Å². The van der Waals surface area contributed by atoms with Crippen LogP contribution in [0.2, 0.25) is 0 Å². The molecule has 1 fully saturated rings. The fourth-order valence-electron chi connectivity index (χ4n) is 3.31. The van der Waals surface area contributed by atoms with Gasteiger partial charge in [-0.25, -0.2) is 4.98 Å². The standard InChI is InChI=1S/C21H23N3O3S/c1-2-27-21(26)16-9-6-10-24(12-16)13-19(25)17(11-22)20-23-18(14-28-20)15-7-4-3-5-8-15/h3-5,7-8,14,16,25H,2,6,9-10,12-13H2,1H3/b19-17-/t16-/m1/s1. The zero-order chi connectivity index (χ0) is 19.9. The Bertz CT molecular complexity index is 886. The van der Waals surface area contributed by atoms with Crippen molar-refractivity contribution in [2.45, 2.75) is 19.8 Å². The highest BCUT2D eigenvalue weighted by Crippen LogP contribution is 2.28. The van der Waals surface area contributed by atoms with Crippen LogP contribution in [0.3, 0.4) is 0 Å². The number of rotatable bonds is 6. The number of nitrogens with zero attached hydrogens (tertiary/aromatic N) is 3. The Hall–Kier alpha value is -2.69. The van der Waals surface area contributed by atoms with Crippen LogP contribution in [-0.4, -0.2) is 47.2 Å². The molecule has 28 heavy (non-hydrogen) atoms. The van der Waals surface area contributed by atoms with Crippen molar-refractivity contribution in [1.29, 1.82) is 5.26 Å². The molecule has 1 aromatic heterocycles. The van der Waals surface area contributed by atoms with Crippen LogP contribution in [0.4, 0.5) is 0 Å². The number of thiazole rings is 1. The summed E-state index contributed by atoms with van der Waals surface area (Å²) in [6.45, 7) is 3.68. The van der Waals surface area contributed by atoms with E-state index in [1.54, 1.807) is 6.92 Å². The summed E-state index contributed by atoms with van der Waals surface area (Å²) in [6.07, 6.45) is 1.64. The van der Waals surface area contributed by atoms with Crippen molar-refractivity contribution >= 4 is 22.9 Å². The van der Waals surface area contributed by atoms with Crippen LogP contribution in [0.1, 0.15) is 24.8 Å². The molecule has 0 unspecified atom stereocenters. The van der Waals surface area contributed by atoms with Gasteiger partial charge in [0.15, 0.2) is 0 Å². The summed E-state index contributed by atoms with van der Waals surface area (Å²) in [5.74, 6) is -0.388. The van der Waals surface area contributed by atoms with Gasteiger partial charge in [0, 0.05) is 17.5 Å². The van der Waals surface area contributed by atoms with Crippen molar-refractivity contribution in [1.82, 2.24) is 9.88 Å². The summed E-state index contributed by atoms with van der Waals surface area (Å²) in [5, 5.41) is 22.5. The lowest BCUT2D eigenvalue weighted by atomic mass is 9.98. The topological polar surface area (TPSA) is 86.5 Å².